The topological polar surface area (TPSA) is 81.5 Å². The number of benzene rings is 5. The summed E-state index contributed by atoms with van der Waals surface area (Å²) in [6.07, 6.45) is 2.11. The van der Waals surface area contributed by atoms with Gasteiger partial charge < -0.3 is 10.1 Å². The number of nitro groups is 1. The van der Waals surface area contributed by atoms with Crippen LogP contribution in [0.4, 0.5) is 10.5 Å². The van der Waals surface area contributed by atoms with Crippen LogP contribution in [0.25, 0.3) is 32.3 Å². The van der Waals surface area contributed by atoms with E-state index < -0.39 is 11.0 Å². The zero-order valence-corrected chi connectivity index (χ0v) is 17.9. The van der Waals surface area contributed by atoms with Gasteiger partial charge in [0.15, 0.2) is 0 Å². The molecule has 6 heteroatoms. The largest absolute Gasteiger partial charge is 0.412 e. The van der Waals surface area contributed by atoms with Crippen LogP contribution in [0.1, 0.15) is 18.4 Å². The van der Waals surface area contributed by atoms with E-state index in [1.54, 1.807) is 0 Å². The molecule has 0 saturated heterocycles. The van der Waals surface area contributed by atoms with Gasteiger partial charge in [0.05, 0.1) is 4.92 Å². The maximum Gasteiger partial charge on any atom is 0.412 e. The summed E-state index contributed by atoms with van der Waals surface area (Å²) in [5.41, 5.74) is 1.27. The van der Waals surface area contributed by atoms with Crippen LogP contribution in [0.15, 0.2) is 78.9 Å². The van der Waals surface area contributed by atoms with Gasteiger partial charge in [0, 0.05) is 18.7 Å². The summed E-state index contributed by atoms with van der Waals surface area (Å²) in [5.74, 6) is 0.270. The van der Waals surface area contributed by atoms with Gasteiger partial charge >= 0.3 is 6.09 Å². The molecule has 0 fully saturated rings. The molecule has 5 aromatic carbocycles. The third-order valence-corrected chi connectivity index (χ3v) is 6.02. The highest BCUT2D eigenvalue weighted by atomic mass is 16.6. The average molecular weight is 438 g/mol. The van der Waals surface area contributed by atoms with Gasteiger partial charge in [-0.1, -0.05) is 54.6 Å². The molecule has 6 nitrogen and oxygen atoms in total. The molecule has 164 valence electrons. The molecule has 0 spiro atoms. The van der Waals surface area contributed by atoms with Crippen molar-refractivity contribution in [1.82, 2.24) is 5.32 Å². The van der Waals surface area contributed by atoms with Crippen LogP contribution >= 0.6 is 0 Å². The Morgan fingerprint density at radius 2 is 1.48 bits per heavy atom. The second-order valence-electron chi connectivity index (χ2n) is 8.11. The van der Waals surface area contributed by atoms with Crippen LogP contribution < -0.4 is 10.1 Å². The molecule has 0 radical (unpaired) electrons. The van der Waals surface area contributed by atoms with Gasteiger partial charge in [0.25, 0.3) is 5.69 Å². The van der Waals surface area contributed by atoms with Crippen molar-refractivity contribution in [3.8, 4) is 5.75 Å². The molecule has 1 N–H and O–H groups in total. The fourth-order valence-corrected chi connectivity index (χ4v) is 4.42. The highest BCUT2D eigenvalue weighted by Gasteiger charge is 2.11. The lowest BCUT2D eigenvalue weighted by molar-refractivity contribution is -0.384. The van der Waals surface area contributed by atoms with Gasteiger partial charge in [0.2, 0.25) is 0 Å². The Labute approximate surface area is 190 Å². The lowest BCUT2D eigenvalue weighted by Gasteiger charge is -2.14. The minimum absolute atomic E-state index is 0.0467. The number of non-ortho nitro benzene ring substituents is 1. The first-order valence-electron chi connectivity index (χ1n) is 11.0. The fourth-order valence-electron chi connectivity index (χ4n) is 4.42. The highest BCUT2D eigenvalue weighted by Crippen LogP contribution is 2.36. The molecule has 0 atom stereocenters. The zero-order chi connectivity index (χ0) is 22.8. The number of unbranched alkanes of at least 4 members (excludes halogenated alkanes) is 1. The Bertz CT molecular complexity index is 1440. The predicted molar refractivity (Wildman–Crippen MR) is 130 cm³/mol. The van der Waals surface area contributed by atoms with Crippen molar-refractivity contribution in [2.75, 3.05) is 6.54 Å². The number of rotatable bonds is 7. The number of amides is 1. The molecule has 0 aromatic heterocycles. The minimum Gasteiger partial charge on any atom is -0.410 e. The number of nitrogens with zero attached hydrogens (tertiary/aromatic N) is 1. The van der Waals surface area contributed by atoms with Crippen molar-refractivity contribution in [1.29, 1.82) is 0 Å². The average Bonchev–Trinajstić information content (AvgIpc) is 2.83. The summed E-state index contributed by atoms with van der Waals surface area (Å²) in [5, 5.41) is 21.2. The summed E-state index contributed by atoms with van der Waals surface area (Å²) in [6, 6.07) is 25.0. The monoisotopic (exact) mass is 438 g/mol. The van der Waals surface area contributed by atoms with E-state index in [1.165, 1.54) is 62.1 Å². The van der Waals surface area contributed by atoms with E-state index in [2.05, 4.69) is 59.9 Å². The summed E-state index contributed by atoms with van der Waals surface area (Å²) < 4.78 is 5.16. The summed E-state index contributed by atoms with van der Waals surface area (Å²) in [4.78, 5) is 22.2. The van der Waals surface area contributed by atoms with Gasteiger partial charge in [-0.25, -0.2) is 4.79 Å². The number of hydrogen-bond acceptors (Lipinski definition) is 4. The zero-order valence-electron chi connectivity index (χ0n) is 17.9. The molecule has 33 heavy (non-hydrogen) atoms. The van der Waals surface area contributed by atoms with Crippen LogP contribution in [0.3, 0.4) is 0 Å². The Hall–Kier alpha value is -4.19. The van der Waals surface area contributed by atoms with E-state index in [4.69, 9.17) is 4.74 Å². The Kier molecular flexibility index (Phi) is 5.48. The molecule has 0 unspecified atom stereocenters. The van der Waals surface area contributed by atoms with E-state index in [9.17, 15) is 14.9 Å². The summed E-state index contributed by atoms with van der Waals surface area (Å²) in [6.45, 7) is 0.498. The molecule has 1 amide bonds. The molecular formula is C27H22N2O4. The van der Waals surface area contributed by atoms with Gasteiger partial charge in [-0.05, 0) is 69.3 Å². The van der Waals surface area contributed by atoms with E-state index in [0.717, 1.165) is 19.3 Å². The minimum atomic E-state index is -0.563. The van der Waals surface area contributed by atoms with Crippen molar-refractivity contribution >= 4 is 44.1 Å². The first-order chi connectivity index (χ1) is 16.1. The van der Waals surface area contributed by atoms with E-state index in [1.807, 2.05) is 0 Å². The van der Waals surface area contributed by atoms with Crippen LogP contribution in [0, 0.1) is 10.1 Å². The maximum atomic E-state index is 12.0. The Balaban J connectivity index is 1.18. The molecule has 0 aliphatic carbocycles. The van der Waals surface area contributed by atoms with E-state index >= 15 is 0 Å². The quantitative estimate of drug-likeness (QED) is 0.134. The predicted octanol–water partition coefficient (Wildman–Crippen LogP) is 6.60. The van der Waals surface area contributed by atoms with E-state index in [0.29, 0.717) is 6.54 Å². The maximum absolute atomic E-state index is 12.0. The summed E-state index contributed by atoms with van der Waals surface area (Å²) in [7, 11) is 0. The molecule has 5 aromatic rings. The number of carbonyl (C=O) groups excluding carboxylic acids is 1. The number of nitrogens with one attached hydrogen (secondary N) is 1. The smallest absolute Gasteiger partial charge is 0.410 e. The third-order valence-electron chi connectivity index (χ3n) is 6.02. The fraction of sp³-hybridized carbons (Fsp3) is 0.148. The van der Waals surface area contributed by atoms with Crippen molar-refractivity contribution in [3.05, 3.63) is 94.5 Å². The normalized spacial score (nSPS) is 11.3. The van der Waals surface area contributed by atoms with Crippen LogP contribution in [0.2, 0.25) is 0 Å². The first-order valence-corrected chi connectivity index (χ1v) is 11.0. The van der Waals surface area contributed by atoms with Crippen molar-refractivity contribution in [2.24, 2.45) is 0 Å². The third kappa shape index (κ3) is 4.15. The molecule has 5 rings (SSSR count). The number of aryl methyl sites for hydroxylation is 1. The van der Waals surface area contributed by atoms with Gasteiger partial charge in [-0.15, -0.1) is 0 Å². The second kappa shape index (κ2) is 8.74. The van der Waals surface area contributed by atoms with Crippen molar-refractivity contribution < 1.29 is 14.5 Å². The molecule has 0 aliphatic rings. The molecule has 0 aliphatic heterocycles. The van der Waals surface area contributed by atoms with Crippen LogP contribution in [0.5, 0.6) is 5.75 Å². The summed E-state index contributed by atoms with van der Waals surface area (Å²) >= 11 is 0. The van der Waals surface area contributed by atoms with Crippen LogP contribution in [-0.4, -0.2) is 17.6 Å². The molecule has 0 heterocycles. The van der Waals surface area contributed by atoms with Crippen LogP contribution in [-0.2, 0) is 6.42 Å². The van der Waals surface area contributed by atoms with Crippen molar-refractivity contribution in [3.63, 3.8) is 0 Å². The van der Waals surface area contributed by atoms with Gasteiger partial charge in [0.1, 0.15) is 5.75 Å². The number of ether oxygens (including phenoxy) is 1. The van der Waals surface area contributed by atoms with E-state index in [-0.39, 0.29) is 11.4 Å². The number of carbonyl (C=O) groups is 1. The SMILES string of the molecule is O=C(NCCCCc1ccc2ccc3cccc4ccc1c2c34)Oc1ccc([N+](=O)[O-])cc1. The second-order valence-corrected chi connectivity index (χ2v) is 8.11. The molecule has 0 saturated carbocycles. The molecule has 0 bridgehead atoms. The standard InChI is InChI=1S/C27H22N2O4/c30-27(33-23-14-12-22(13-15-23)29(31)32)28-17-2-1-4-18-7-8-21-10-9-19-5-3-6-20-11-16-24(18)26(21)25(19)20/h3,5-16H,1-2,4,17H2,(H,28,30). The highest BCUT2D eigenvalue weighted by molar-refractivity contribution is 6.23. The Morgan fingerprint density at radius 3 is 2.21 bits per heavy atom. The molecular weight excluding hydrogens is 416 g/mol. The number of hydrogen-bond donors (Lipinski definition) is 1. The lowest BCUT2D eigenvalue weighted by atomic mass is 9.90. The number of nitro benzene ring substituents is 1. The lowest BCUT2D eigenvalue weighted by Crippen LogP contribution is -2.27. The van der Waals surface area contributed by atoms with Gasteiger partial charge in [-0.2, -0.15) is 0 Å². The van der Waals surface area contributed by atoms with Crippen molar-refractivity contribution in [2.45, 2.75) is 19.3 Å². The first kappa shape index (κ1) is 20.7. The van der Waals surface area contributed by atoms with Gasteiger partial charge in [-0.3, -0.25) is 10.1 Å². The Morgan fingerprint density at radius 1 is 0.818 bits per heavy atom.